The fourth-order valence-electron chi connectivity index (χ4n) is 2.92. The van der Waals surface area contributed by atoms with E-state index in [0.29, 0.717) is 30.6 Å². The molecular weight excluding hydrogens is 369 g/mol. The first kappa shape index (κ1) is 20.3. The summed E-state index contributed by atoms with van der Waals surface area (Å²) in [4.78, 5) is 16.5. The van der Waals surface area contributed by atoms with E-state index in [4.69, 9.17) is 4.74 Å². The van der Waals surface area contributed by atoms with E-state index in [-0.39, 0.29) is 11.7 Å². The fraction of sp³-hybridized carbons (Fsp3) is 0.217. The highest BCUT2D eigenvalue weighted by molar-refractivity contribution is 5.94. The van der Waals surface area contributed by atoms with Crippen molar-refractivity contribution in [2.45, 2.75) is 12.8 Å². The molecule has 1 aromatic heterocycles. The molecule has 0 aliphatic rings. The van der Waals surface area contributed by atoms with Gasteiger partial charge in [-0.05, 0) is 48.2 Å². The molecule has 0 fully saturated rings. The highest BCUT2D eigenvalue weighted by Crippen LogP contribution is 2.12. The summed E-state index contributed by atoms with van der Waals surface area (Å²) < 4.78 is 18.8. The van der Waals surface area contributed by atoms with Crippen molar-refractivity contribution in [3.63, 3.8) is 0 Å². The smallest absolute Gasteiger partial charge is 0.252 e. The number of hydrogen-bond donors (Lipinski definition) is 2. The molecule has 0 saturated heterocycles. The molecule has 5 nitrogen and oxygen atoms in total. The average Bonchev–Trinajstić information content (AvgIpc) is 2.76. The first-order valence-electron chi connectivity index (χ1n) is 9.49. The number of carbonyl (C=O) groups is 1. The van der Waals surface area contributed by atoms with Crippen LogP contribution in [0.2, 0.25) is 0 Å². The van der Waals surface area contributed by atoms with Gasteiger partial charge in [-0.2, -0.15) is 0 Å². The van der Waals surface area contributed by atoms with Gasteiger partial charge in [0.25, 0.3) is 5.91 Å². The highest BCUT2D eigenvalue weighted by Gasteiger charge is 2.07. The van der Waals surface area contributed by atoms with Crippen LogP contribution < -0.4 is 15.4 Å². The standard InChI is InChI=1S/C23H24FN3O2/c1-29-21-8-6-17(7-9-21)10-12-27-23(28)19-14-20(16-25-15-19)26-13-11-18-4-2-3-5-22(18)24/h2-9,14-16,26H,10-13H2,1H3,(H,27,28). The number of carbonyl (C=O) groups excluding carboxylic acids is 1. The van der Waals surface area contributed by atoms with Crippen LogP contribution in [0.1, 0.15) is 21.5 Å². The Morgan fingerprint density at radius 2 is 1.83 bits per heavy atom. The van der Waals surface area contributed by atoms with Crippen molar-refractivity contribution >= 4 is 11.6 Å². The van der Waals surface area contributed by atoms with E-state index >= 15 is 0 Å². The van der Waals surface area contributed by atoms with Gasteiger partial charge in [0.2, 0.25) is 0 Å². The lowest BCUT2D eigenvalue weighted by molar-refractivity contribution is 0.0954. The molecule has 1 amide bonds. The van der Waals surface area contributed by atoms with Crippen molar-refractivity contribution < 1.29 is 13.9 Å². The molecule has 3 aromatic rings. The second kappa shape index (κ2) is 10.2. The molecular formula is C23H24FN3O2. The molecule has 1 heterocycles. The molecule has 0 spiro atoms. The number of nitrogens with one attached hydrogen (secondary N) is 2. The number of amides is 1. The highest BCUT2D eigenvalue weighted by atomic mass is 19.1. The van der Waals surface area contributed by atoms with Crippen molar-refractivity contribution in [3.8, 4) is 5.75 Å². The van der Waals surface area contributed by atoms with Crippen molar-refractivity contribution in [2.24, 2.45) is 0 Å². The minimum absolute atomic E-state index is 0.177. The topological polar surface area (TPSA) is 63.2 Å². The molecule has 0 unspecified atom stereocenters. The van der Waals surface area contributed by atoms with Crippen LogP contribution in [0.5, 0.6) is 5.75 Å². The molecule has 6 heteroatoms. The van der Waals surface area contributed by atoms with E-state index in [2.05, 4.69) is 15.6 Å². The van der Waals surface area contributed by atoms with Gasteiger partial charge < -0.3 is 15.4 Å². The van der Waals surface area contributed by atoms with Gasteiger partial charge in [-0.25, -0.2) is 4.39 Å². The first-order valence-corrected chi connectivity index (χ1v) is 9.49. The molecule has 0 aliphatic heterocycles. The van der Waals surface area contributed by atoms with E-state index in [1.807, 2.05) is 30.3 Å². The predicted octanol–water partition coefficient (Wildman–Crippen LogP) is 3.86. The lowest BCUT2D eigenvalue weighted by Gasteiger charge is -2.09. The van der Waals surface area contributed by atoms with Crippen LogP contribution in [0.25, 0.3) is 0 Å². The van der Waals surface area contributed by atoms with E-state index in [0.717, 1.165) is 23.4 Å². The van der Waals surface area contributed by atoms with Crippen LogP contribution in [0.15, 0.2) is 67.0 Å². The number of hydrogen-bond acceptors (Lipinski definition) is 4. The summed E-state index contributed by atoms with van der Waals surface area (Å²) in [6, 6.07) is 16.2. The zero-order valence-corrected chi connectivity index (χ0v) is 16.3. The molecule has 2 aromatic carbocycles. The largest absolute Gasteiger partial charge is 0.497 e. The third-order valence-electron chi connectivity index (χ3n) is 4.54. The lowest BCUT2D eigenvalue weighted by Crippen LogP contribution is -2.26. The Kier molecular flexibility index (Phi) is 7.16. The minimum atomic E-state index is -0.211. The maximum Gasteiger partial charge on any atom is 0.252 e. The van der Waals surface area contributed by atoms with Crippen LogP contribution in [0, 0.1) is 5.82 Å². The van der Waals surface area contributed by atoms with Crippen molar-refractivity contribution in [3.05, 3.63) is 89.5 Å². The zero-order chi connectivity index (χ0) is 20.5. The number of benzene rings is 2. The number of pyridine rings is 1. The summed E-state index contributed by atoms with van der Waals surface area (Å²) in [6.45, 7) is 1.07. The molecule has 0 atom stereocenters. The molecule has 0 bridgehead atoms. The van der Waals surface area contributed by atoms with Crippen LogP contribution >= 0.6 is 0 Å². The van der Waals surface area contributed by atoms with Gasteiger partial charge in [0.15, 0.2) is 0 Å². The van der Waals surface area contributed by atoms with Gasteiger partial charge in [0.1, 0.15) is 11.6 Å². The number of anilines is 1. The Bertz CT molecular complexity index is 945. The Labute approximate surface area is 169 Å². The van der Waals surface area contributed by atoms with E-state index in [9.17, 15) is 9.18 Å². The number of methoxy groups -OCH3 is 1. The monoisotopic (exact) mass is 393 g/mol. The van der Waals surface area contributed by atoms with E-state index in [1.165, 1.54) is 12.3 Å². The predicted molar refractivity (Wildman–Crippen MR) is 112 cm³/mol. The van der Waals surface area contributed by atoms with Gasteiger partial charge in [0.05, 0.1) is 18.4 Å². The molecule has 0 radical (unpaired) electrons. The van der Waals surface area contributed by atoms with Crippen LogP contribution in [0.4, 0.5) is 10.1 Å². The maximum atomic E-state index is 13.7. The van der Waals surface area contributed by atoms with Crippen molar-refractivity contribution in [1.82, 2.24) is 10.3 Å². The molecule has 3 rings (SSSR count). The molecule has 0 aliphatic carbocycles. The Morgan fingerprint density at radius 1 is 1.03 bits per heavy atom. The van der Waals surface area contributed by atoms with Gasteiger partial charge in [-0.3, -0.25) is 9.78 Å². The van der Waals surface area contributed by atoms with Crippen molar-refractivity contribution in [1.29, 1.82) is 0 Å². The number of rotatable bonds is 9. The van der Waals surface area contributed by atoms with Gasteiger partial charge >= 0.3 is 0 Å². The summed E-state index contributed by atoms with van der Waals surface area (Å²) in [7, 11) is 1.63. The molecule has 150 valence electrons. The van der Waals surface area contributed by atoms with E-state index in [1.54, 1.807) is 31.5 Å². The summed E-state index contributed by atoms with van der Waals surface area (Å²) in [5.41, 5.74) is 2.98. The number of ether oxygens (including phenoxy) is 1. The second-order valence-corrected chi connectivity index (χ2v) is 6.58. The maximum absolute atomic E-state index is 13.7. The summed E-state index contributed by atoms with van der Waals surface area (Å²) >= 11 is 0. The van der Waals surface area contributed by atoms with Crippen LogP contribution in [-0.4, -0.2) is 31.1 Å². The lowest BCUT2D eigenvalue weighted by atomic mass is 10.1. The fourth-order valence-corrected chi connectivity index (χ4v) is 2.92. The quantitative estimate of drug-likeness (QED) is 0.580. The average molecular weight is 393 g/mol. The normalized spacial score (nSPS) is 10.4. The third kappa shape index (κ3) is 6.04. The van der Waals surface area contributed by atoms with Crippen LogP contribution in [0.3, 0.4) is 0 Å². The van der Waals surface area contributed by atoms with Gasteiger partial charge in [-0.15, -0.1) is 0 Å². The van der Waals surface area contributed by atoms with Gasteiger partial charge in [-0.1, -0.05) is 30.3 Å². The van der Waals surface area contributed by atoms with E-state index < -0.39 is 0 Å². The summed E-state index contributed by atoms with van der Waals surface area (Å²) in [6.07, 6.45) is 4.45. The SMILES string of the molecule is COc1ccc(CCNC(=O)c2cncc(NCCc3ccccc3F)c2)cc1. The zero-order valence-electron chi connectivity index (χ0n) is 16.3. The molecule has 29 heavy (non-hydrogen) atoms. The minimum Gasteiger partial charge on any atom is -0.497 e. The number of nitrogens with zero attached hydrogens (tertiary/aromatic N) is 1. The molecule has 0 saturated carbocycles. The Hall–Kier alpha value is -3.41. The number of halogens is 1. The number of aromatic nitrogens is 1. The first-order chi connectivity index (χ1) is 14.2. The Balaban J connectivity index is 1.47. The van der Waals surface area contributed by atoms with Crippen molar-refractivity contribution in [2.75, 3.05) is 25.5 Å². The summed E-state index contributed by atoms with van der Waals surface area (Å²) in [5.74, 6) is 0.421. The summed E-state index contributed by atoms with van der Waals surface area (Å²) in [5, 5.41) is 6.09. The van der Waals surface area contributed by atoms with Crippen LogP contribution in [-0.2, 0) is 12.8 Å². The molecule has 2 N–H and O–H groups in total. The van der Waals surface area contributed by atoms with Gasteiger partial charge in [0, 0.05) is 25.5 Å². The third-order valence-corrected chi connectivity index (χ3v) is 4.54. The Morgan fingerprint density at radius 3 is 2.59 bits per heavy atom. The second-order valence-electron chi connectivity index (χ2n) is 6.58.